The molecule has 0 bridgehead atoms. The number of halogens is 2. The molecule has 0 atom stereocenters. The van der Waals surface area contributed by atoms with Gasteiger partial charge >= 0.3 is 5.97 Å². The third kappa shape index (κ3) is 4.27. The molecule has 1 amide bonds. The minimum absolute atomic E-state index is 0.00417. The largest absolute Gasteiger partial charge is 0.495 e. The Balaban J connectivity index is 1.59. The Morgan fingerprint density at radius 1 is 1.16 bits per heavy atom. The number of aromatic carboxylic acids is 1. The van der Waals surface area contributed by atoms with Gasteiger partial charge in [0.1, 0.15) is 17.3 Å². The molecule has 6 nitrogen and oxygen atoms in total. The van der Waals surface area contributed by atoms with Gasteiger partial charge in [0, 0.05) is 11.6 Å². The van der Waals surface area contributed by atoms with E-state index < -0.39 is 5.97 Å². The zero-order valence-electron chi connectivity index (χ0n) is 16.3. The Morgan fingerprint density at radius 3 is 2.59 bits per heavy atom. The van der Waals surface area contributed by atoms with Gasteiger partial charge in [-0.1, -0.05) is 53.2 Å². The number of carboxylic acid groups (broad SMARTS) is 1. The van der Waals surface area contributed by atoms with E-state index in [2.05, 4.69) is 0 Å². The molecule has 0 spiro atoms. The van der Waals surface area contributed by atoms with E-state index in [0.717, 1.165) is 11.8 Å². The third-order valence-electron chi connectivity index (χ3n) is 4.57. The van der Waals surface area contributed by atoms with Gasteiger partial charge < -0.3 is 14.3 Å². The first-order valence-electron chi connectivity index (χ1n) is 9.03. The minimum atomic E-state index is -1.11. The lowest BCUT2D eigenvalue weighted by Gasteiger charge is -2.15. The van der Waals surface area contributed by atoms with Crippen molar-refractivity contribution < 1.29 is 23.8 Å². The molecular formula is C22H13Cl2NO5S2. The number of carbonyl (C=O) groups excluding carboxylic acids is 1. The molecule has 162 valence electrons. The van der Waals surface area contributed by atoms with E-state index in [0.29, 0.717) is 42.8 Å². The molecular weight excluding hydrogens is 493 g/mol. The molecule has 2 heterocycles. The van der Waals surface area contributed by atoms with Gasteiger partial charge in [-0.05, 0) is 42.5 Å². The van der Waals surface area contributed by atoms with Crippen LogP contribution in [0.15, 0.2) is 57.9 Å². The second kappa shape index (κ2) is 8.99. The summed E-state index contributed by atoms with van der Waals surface area (Å²) in [6, 6.07) is 12.9. The molecule has 1 aliphatic rings. The van der Waals surface area contributed by atoms with Gasteiger partial charge in [0.05, 0.1) is 33.3 Å². The minimum Gasteiger partial charge on any atom is -0.495 e. The summed E-state index contributed by atoms with van der Waals surface area (Å²) >= 11 is 18.8. The summed E-state index contributed by atoms with van der Waals surface area (Å²) in [5, 5.41) is 9.57. The molecule has 3 aromatic rings. The highest BCUT2D eigenvalue weighted by molar-refractivity contribution is 8.27. The standard InChI is InChI=1S/C22H13Cl2NO5S2/c1-29-18-6-3-12(9-16(18)24)25-20(26)19(32-22(25)31)10-13-4-7-17(30-13)11-2-5-14(21(27)28)15(23)8-11/h2-10H,1H3,(H,27,28)/b19-10-. The Kier molecular flexibility index (Phi) is 6.30. The Morgan fingerprint density at radius 2 is 1.94 bits per heavy atom. The van der Waals surface area contributed by atoms with Gasteiger partial charge in [0.25, 0.3) is 5.91 Å². The van der Waals surface area contributed by atoms with Crippen molar-refractivity contribution in [2.75, 3.05) is 12.0 Å². The van der Waals surface area contributed by atoms with Crippen LogP contribution >= 0.6 is 47.2 Å². The first-order chi connectivity index (χ1) is 15.3. The number of hydrogen-bond donors (Lipinski definition) is 1. The number of thioether (sulfide) groups is 1. The van der Waals surface area contributed by atoms with Crippen molar-refractivity contribution in [2.45, 2.75) is 0 Å². The van der Waals surface area contributed by atoms with Crippen LogP contribution in [0, 0.1) is 0 Å². The van der Waals surface area contributed by atoms with Crippen LogP contribution in [0.3, 0.4) is 0 Å². The summed E-state index contributed by atoms with van der Waals surface area (Å²) in [6.07, 6.45) is 1.60. The average molecular weight is 506 g/mol. The number of ether oxygens (including phenoxy) is 1. The lowest BCUT2D eigenvalue weighted by Crippen LogP contribution is -2.27. The number of furan rings is 1. The Hall–Kier alpha value is -2.78. The summed E-state index contributed by atoms with van der Waals surface area (Å²) in [7, 11) is 1.51. The van der Waals surface area contributed by atoms with E-state index in [1.54, 1.807) is 42.5 Å². The van der Waals surface area contributed by atoms with E-state index in [4.69, 9.17) is 49.7 Å². The lowest BCUT2D eigenvalue weighted by molar-refractivity contribution is -0.113. The highest BCUT2D eigenvalue weighted by Gasteiger charge is 2.34. The van der Waals surface area contributed by atoms with Crippen LogP contribution in [0.2, 0.25) is 10.0 Å². The van der Waals surface area contributed by atoms with Gasteiger partial charge in [0.2, 0.25) is 0 Å². The predicted molar refractivity (Wildman–Crippen MR) is 130 cm³/mol. The van der Waals surface area contributed by atoms with E-state index in [9.17, 15) is 9.59 Å². The van der Waals surface area contributed by atoms with Gasteiger partial charge in [0.15, 0.2) is 4.32 Å². The first kappa shape index (κ1) is 22.4. The molecule has 1 N–H and O–H groups in total. The molecule has 1 saturated heterocycles. The van der Waals surface area contributed by atoms with Crippen molar-refractivity contribution in [3.63, 3.8) is 0 Å². The molecule has 0 aliphatic carbocycles. The van der Waals surface area contributed by atoms with Gasteiger partial charge in [-0.2, -0.15) is 0 Å². The number of hydrogen-bond acceptors (Lipinski definition) is 6. The normalized spacial score (nSPS) is 15.0. The fourth-order valence-corrected chi connectivity index (χ4v) is 4.83. The van der Waals surface area contributed by atoms with Crippen molar-refractivity contribution >= 4 is 75.1 Å². The summed E-state index contributed by atoms with van der Waals surface area (Å²) < 4.78 is 11.3. The zero-order chi connectivity index (χ0) is 23.0. The second-order valence-corrected chi connectivity index (χ2v) is 9.03. The van der Waals surface area contributed by atoms with E-state index in [1.165, 1.54) is 24.1 Å². The van der Waals surface area contributed by atoms with Gasteiger partial charge in [-0.3, -0.25) is 9.69 Å². The highest BCUT2D eigenvalue weighted by Crippen LogP contribution is 2.39. The van der Waals surface area contributed by atoms with E-state index in [1.807, 2.05) is 0 Å². The molecule has 2 aromatic carbocycles. The van der Waals surface area contributed by atoms with Crippen LogP contribution in [0.25, 0.3) is 17.4 Å². The van der Waals surface area contributed by atoms with Gasteiger partial charge in [-0.15, -0.1) is 0 Å². The van der Waals surface area contributed by atoms with E-state index >= 15 is 0 Å². The zero-order valence-corrected chi connectivity index (χ0v) is 19.4. The Labute approximate surface area is 202 Å². The molecule has 32 heavy (non-hydrogen) atoms. The van der Waals surface area contributed by atoms with Crippen molar-refractivity contribution in [3.05, 3.63) is 74.8 Å². The third-order valence-corrected chi connectivity index (χ3v) is 6.48. The SMILES string of the molecule is COc1ccc(N2C(=O)/C(=C/c3ccc(-c4ccc(C(=O)O)c(Cl)c4)o3)SC2=S)cc1Cl. The van der Waals surface area contributed by atoms with Crippen molar-refractivity contribution in [3.8, 4) is 17.1 Å². The van der Waals surface area contributed by atoms with Crippen molar-refractivity contribution in [2.24, 2.45) is 0 Å². The van der Waals surface area contributed by atoms with Crippen LogP contribution in [0.5, 0.6) is 5.75 Å². The summed E-state index contributed by atoms with van der Waals surface area (Å²) in [6.45, 7) is 0. The number of amides is 1. The summed E-state index contributed by atoms with van der Waals surface area (Å²) in [5.41, 5.74) is 1.15. The van der Waals surface area contributed by atoms with Crippen molar-refractivity contribution in [1.82, 2.24) is 0 Å². The number of nitrogens with zero attached hydrogens (tertiary/aromatic N) is 1. The lowest BCUT2D eigenvalue weighted by atomic mass is 10.1. The number of methoxy groups -OCH3 is 1. The molecule has 1 aromatic heterocycles. The van der Waals surface area contributed by atoms with Crippen LogP contribution in [0.1, 0.15) is 16.1 Å². The smallest absolute Gasteiger partial charge is 0.337 e. The molecule has 4 rings (SSSR count). The van der Waals surface area contributed by atoms with Crippen LogP contribution < -0.4 is 9.64 Å². The summed E-state index contributed by atoms with van der Waals surface area (Å²) in [4.78, 5) is 25.9. The fraction of sp³-hybridized carbons (Fsp3) is 0.0455. The maximum atomic E-state index is 13.0. The number of carbonyl (C=O) groups is 2. The first-order valence-corrected chi connectivity index (χ1v) is 11.0. The number of anilines is 1. The molecule has 0 unspecified atom stereocenters. The number of thiocarbonyl (C=S) groups is 1. The average Bonchev–Trinajstić information content (AvgIpc) is 3.32. The highest BCUT2D eigenvalue weighted by atomic mass is 35.5. The maximum Gasteiger partial charge on any atom is 0.337 e. The second-order valence-electron chi connectivity index (χ2n) is 6.54. The molecule has 10 heteroatoms. The summed E-state index contributed by atoms with van der Waals surface area (Å²) in [5.74, 6) is 0.00473. The Bertz CT molecular complexity index is 1300. The molecule has 1 fully saturated rings. The van der Waals surface area contributed by atoms with Gasteiger partial charge in [-0.25, -0.2) is 4.79 Å². The molecule has 1 aliphatic heterocycles. The molecule has 0 saturated carbocycles. The predicted octanol–water partition coefficient (Wildman–Crippen LogP) is 6.37. The van der Waals surface area contributed by atoms with E-state index in [-0.39, 0.29) is 16.5 Å². The van der Waals surface area contributed by atoms with Crippen molar-refractivity contribution in [1.29, 1.82) is 0 Å². The number of rotatable bonds is 5. The van der Waals surface area contributed by atoms with Crippen LogP contribution in [0.4, 0.5) is 5.69 Å². The maximum absolute atomic E-state index is 13.0. The van der Waals surface area contributed by atoms with Crippen LogP contribution in [-0.2, 0) is 4.79 Å². The quantitative estimate of drug-likeness (QED) is 0.318. The number of benzene rings is 2. The monoisotopic (exact) mass is 505 g/mol. The number of carboxylic acids is 1. The molecule has 0 radical (unpaired) electrons. The van der Waals surface area contributed by atoms with Crippen LogP contribution in [-0.4, -0.2) is 28.4 Å². The fourth-order valence-electron chi connectivity index (χ4n) is 3.04. The topological polar surface area (TPSA) is 80.0 Å².